The van der Waals surface area contributed by atoms with Crippen LogP contribution < -0.4 is 0 Å². The van der Waals surface area contributed by atoms with Crippen molar-refractivity contribution in [3.05, 3.63) is 97.7 Å². The molecule has 7 heteroatoms. The van der Waals surface area contributed by atoms with Crippen LogP contribution in [0.1, 0.15) is 16.9 Å². The molecule has 144 valence electrons. The van der Waals surface area contributed by atoms with Gasteiger partial charge in [-0.3, -0.25) is 10.1 Å². The fourth-order valence-electron chi connectivity index (χ4n) is 2.89. The van der Waals surface area contributed by atoms with Crippen molar-refractivity contribution in [3.8, 4) is 11.3 Å². The molecule has 6 nitrogen and oxygen atoms in total. The van der Waals surface area contributed by atoms with Gasteiger partial charge in [-0.1, -0.05) is 29.8 Å². The quantitative estimate of drug-likeness (QED) is 0.213. The first-order valence-electron chi connectivity index (χ1n) is 8.67. The van der Waals surface area contributed by atoms with Crippen LogP contribution in [0.15, 0.2) is 75.1 Å². The first kappa shape index (κ1) is 18.9. The number of nitro groups is 1. The van der Waals surface area contributed by atoms with Gasteiger partial charge in [-0.25, -0.2) is 4.79 Å². The Morgan fingerprint density at radius 1 is 1.07 bits per heavy atom. The topological polar surface area (TPSA) is 82.6 Å². The lowest BCUT2D eigenvalue weighted by Crippen LogP contribution is -1.96. The molecule has 0 amide bonds. The van der Waals surface area contributed by atoms with Crippen LogP contribution in [0.25, 0.3) is 23.2 Å². The largest absolute Gasteiger partial charge is 0.457 e. The van der Waals surface area contributed by atoms with Crippen molar-refractivity contribution in [1.29, 1.82) is 0 Å². The number of cyclic esters (lactones) is 1. The number of benzene rings is 2. The third kappa shape index (κ3) is 3.90. The third-order valence-electron chi connectivity index (χ3n) is 4.41. The highest BCUT2D eigenvalue weighted by molar-refractivity contribution is 9.10. The minimum Gasteiger partial charge on any atom is -0.457 e. The molecule has 0 N–H and O–H groups in total. The predicted octanol–water partition coefficient (Wildman–Crippen LogP) is 5.91. The minimum absolute atomic E-state index is 0.0167. The zero-order valence-corrected chi connectivity index (χ0v) is 16.8. The van der Waals surface area contributed by atoms with E-state index >= 15 is 0 Å². The van der Waals surface area contributed by atoms with Crippen LogP contribution in [0.4, 0.5) is 5.69 Å². The van der Waals surface area contributed by atoms with Gasteiger partial charge in [0.25, 0.3) is 5.69 Å². The van der Waals surface area contributed by atoms with Crippen LogP contribution in [0, 0.1) is 17.0 Å². The van der Waals surface area contributed by atoms with Crippen molar-refractivity contribution in [1.82, 2.24) is 0 Å². The van der Waals surface area contributed by atoms with E-state index < -0.39 is 10.9 Å². The molecule has 1 aliphatic rings. The fourth-order valence-corrected chi connectivity index (χ4v) is 3.46. The van der Waals surface area contributed by atoms with Gasteiger partial charge in [-0.2, -0.15) is 0 Å². The summed E-state index contributed by atoms with van der Waals surface area (Å²) in [7, 11) is 0. The van der Waals surface area contributed by atoms with Crippen molar-refractivity contribution < 1.29 is 18.9 Å². The number of rotatable bonds is 4. The molecule has 0 fully saturated rings. The van der Waals surface area contributed by atoms with Gasteiger partial charge in [-0.05, 0) is 53.2 Å². The van der Waals surface area contributed by atoms with Crippen LogP contribution in [-0.4, -0.2) is 10.9 Å². The van der Waals surface area contributed by atoms with Gasteiger partial charge < -0.3 is 9.15 Å². The highest BCUT2D eigenvalue weighted by Gasteiger charge is 2.22. The number of carbonyl (C=O) groups is 1. The Morgan fingerprint density at radius 3 is 2.52 bits per heavy atom. The van der Waals surface area contributed by atoms with Crippen LogP contribution in [0.3, 0.4) is 0 Å². The maximum absolute atomic E-state index is 12.2. The maximum Gasteiger partial charge on any atom is 0.343 e. The summed E-state index contributed by atoms with van der Waals surface area (Å²) in [5.74, 6) is 1.03. The Hall–Kier alpha value is -3.45. The second-order valence-electron chi connectivity index (χ2n) is 6.49. The highest BCUT2D eigenvalue weighted by Crippen LogP contribution is 2.34. The lowest BCUT2D eigenvalue weighted by molar-refractivity contribution is -0.384. The van der Waals surface area contributed by atoms with E-state index in [1.807, 2.05) is 31.2 Å². The van der Waals surface area contributed by atoms with E-state index in [1.165, 1.54) is 12.1 Å². The Balaban J connectivity index is 1.61. The highest BCUT2D eigenvalue weighted by atomic mass is 79.9. The Labute approximate surface area is 174 Å². The van der Waals surface area contributed by atoms with E-state index in [0.29, 0.717) is 32.9 Å². The number of furan rings is 1. The lowest BCUT2D eigenvalue weighted by atomic mass is 10.1. The number of hydrogen-bond donors (Lipinski definition) is 0. The Kier molecular flexibility index (Phi) is 4.90. The van der Waals surface area contributed by atoms with Gasteiger partial charge in [0, 0.05) is 27.7 Å². The van der Waals surface area contributed by atoms with Crippen molar-refractivity contribution in [2.75, 3.05) is 0 Å². The molecule has 1 aromatic heterocycles. The molecule has 2 aromatic carbocycles. The maximum atomic E-state index is 12.2. The first-order chi connectivity index (χ1) is 13.9. The monoisotopic (exact) mass is 451 g/mol. The van der Waals surface area contributed by atoms with Gasteiger partial charge in [0.2, 0.25) is 0 Å². The van der Waals surface area contributed by atoms with E-state index in [9.17, 15) is 14.9 Å². The SMILES string of the molecule is Cc1ccc(C2=C/C(=C\c3ccc(-c4ccc([N+](=O)[O-])cc4Br)o3)C(=O)O2)cc1. The van der Waals surface area contributed by atoms with Crippen molar-refractivity contribution in [3.63, 3.8) is 0 Å². The van der Waals surface area contributed by atoms with Crippen LogP contribution >= 0.6 is 15.9 Å². The normalized spacial score (nSPS) is 14.8. The van der Waals surface area contributed by atoms with Crippen molar-refractivity contribution in [2.45, 2.75) is 6.92 Å². The minimum atomic E-state index is -0.462. The van der Waals surface area contributed by atoms with Crippen molar-refractivity contribution in [2.24, 2.45) is 0 Å². The molecule has 3 aromatic rings. The average molecular weight is 452 g/mol. The second-order valence-corrected chi connectivity index (χ2v) is 7.34. The molecule has 0 saturated heterocycles. The molecule has 0 atom stereocenters. The van der Waals surface area contributed by atoms with Crippen LogP contribution in [0.2, 0.25) is 0 Å². The average Bonchev–Trinajstić information content (AvgIpc) is 3.29. The van der Waals surface area contributed by atoms with Gasteiger partial charge in [0.05, 0.1) is 10.5 Å². The number of nitrogens with zero attached hydrogens (tertiary/aromatic N) is 1. The van der Waals surface area contributed by atoms with Gasteiger partial charge in [0.1, 0.15) is 17.3 Å². The van der Waals surface area contributed by atoms with Crippen LogP contribution in [0.5, 0.6) is 0 Å². The fraction of sp³-hybridized carbons (Fsp3) is 0.0455. The van der Waals surface area contributed by atoms with Gasteiger partial charge >= 0.3 is 5.97 Å². The number of hydrogen-bond acceptors (Lipinski definition) is 5. The molecule has 29 heavy (non-hydrogen) atoms. The second kappa shape index (κ2) is 7.52. The van der Waals surface area contributed by atoms with Gasteiger partial charge in [0.15, 0.2) is 0 Å². The van der Waals surface area contributed by atoms with Crippen LogP contribution in [-0.2, 0) is 9.53 Å². The van der Waals surface area contributed by atoms with E-state index in [2.05, 4.69) is 15.9 Å². The number of nitro benzene ring substituents is 1. The number of halogens is 1. The molecular formula is C22H14BrNO5. The molecule has 1 aliphatic heterocycles. The van der Waals surface area contributed by atoms with E-state index in [4.69, 9.17) is 9.15 Å². The molecule has 0 bridgehead atoms. The standard InChI is InChI=1S/C22H14BrNO5/c1-13-2-4-14(5-3-13)21-11-15(22(25)29-21)10-17-7-9-20(28-17)18-8-6-16(24(26)27)12-19(18)23/h2-12H,1H3/b15-10+. The van der Waals surface area contributed by atoms with E-state index in [0.717, 1.165) is 11.1 Å². The zero-order valence-electron chi connectivity index (χ0n) is 15.2. The van der Waals surface area contributed by atoms with Gasteiger partial charge in [-0.15, -0.1) is 0 Å². The third-order valence-corrected chi connectivity index (χ3v) is 5.07. The molecule has 2 heterocycles. The lowest BCUT2D eigenvalue weighted by Gasteiger charge is -2.01. The Morgan fingerprint density at radius 2 is 1.83 bits per heavy atom. The molecule has 0 radical (unpaired) electrons. The summed E-state index contributed by atoms with van der Waals surface area (Å²) in [6.07, 6.45) is 3.28. The zero-order chi connectivity index (χ0) is 20.5. The van der Waals surface area contributed by atoms with E-state index in [1.54, 1.807) is 30.4 Å². The first-order valence-corrected chi connectivity index (χ1v) is 9.47. The summed E-state index contributed by atoms with van der Waals surface area (Å²) in [6, 6.07) is 15.6. The molecule has 0 unspecified atom stereocenters. The number of esters is 1. The van der Waals surface area contributed by atoms with E-state index in [-0.39, 0.29) is 5.69 Å². The molecule has 0 aliphatic carbocycles. The summed E-state index contributed by atoms with van der Waals surface area (Å²) < 4.78 is 11.7. The molecule has 0 saturated carbocycles. The summed E-state index contributed by atoms with van der Waals surface area (Å²) in [4.78, 5) is 22.6. The number of non-ortho nitro benzene ring substituents is 1. The number of ether oxygens (including phenoxy) is 1. The number of carbonyl (C=O) groups excluding carboxylic acids is 1. The van der Waals surface area contributed by atoms with Crippen molar-refractivity contribution >= 4 is 39.4 Å². The molecular weight excluding hydrogens is 438 g/mol. The predicted molar refractivity (Wildman–Crippen MR) is 112 cm³/mol. The smallest absolute Gasteiger partial charge is 0.343 e. The molecule has 4 rings (SSSR count). The summed E-state index contributed by atoms with van der Waals surface area (Å²) in [5, 5.41) is 10.9. The Bertz CT molecular complexity index is 1190. The summed E-state index contributed by atoms with van der Waals surface area (Å²) in [6.45, 7) is 1.99. The number of aryl methyl sites for hydroxylation is 1. The summed E-state index contributed by atoms with van der Waals surface area (Å²) >= 11 is 3.33. The summed E-state index contributed by atoms with van der Waals surface area (Å²) in [5.41, 5.74) is 2.98. The molecule has 0 spiro atoms.